The molecule has 0 saturated heterocycles. The summed E-state index contributed by atoms with van der Waals surface area (Å²) in [6, 6.07) is 12.8. The van der Waals surface area contributed by atoms with E-state index in [-0.39, 0.29) is 22.0 Å². The standard InChI is InChI=1S/C51H66O3/c1-28(2)37-19-34(20-38(29(3)4)46(37)52)22-40-31(7)41(23-35-21-39(30(5)6)47(53)43(25-35)49(10,11)12)33(9)42(32(40)8)24-36-26-44(50(13,14)15)48(54)45(27-36)51(16,17)18/h19-21,25-27,52-54H,1,3,5,22-24H2,2,4,6-18H3. The molecule has 4 aromatic rings. The van der Waals surface area contributed by atoms with Crippen molar-refractivity contribution in [2.75, 3.05) is 0 Å². The van der Waals surface area contributed by atoms with E-state index >= 15 is 0 Å². The van der Waals surface area contributed by atoms with Crippen molar-refractivity contribution in [3.63, 3.8) is 0 Å². The summed E-state index contributed by atoms with van der Waals surface area (Å²) in [5.74, 6) is 0.925. The van der Waals surface area contributed by atoms with E-state index in [9.17, 15) is 15.3 Å². The predicted molar refractivity (Wildman–Crippen MR) is 234 cm³/mol. The van der Waals surface area contributed by atoms with Crippen LogP contribution in [0.2, 0.25) is 0 Å². The average Bonchev–Trinajstić information content (AvgIpc) is 3.03. The summed E-state index contributed by atoms with van der Waals surface area (Å²) in [6.45, 7) is 44.5. The molecule has 0 amide bonds. The van der Waals surface area contributed by atoms with Gasteiger partial charge < -0.3 is 15.3 Å². The highest BCUT2D eigenvalue weighted by atomic mass is 16.3. The van der Waals surface area contributed by atoms with Crippen LogP contribution in [0.5, 0.6) is 17.2 Å². The molecule has 0 aliphatic rings. The normalized spacial score (nSPS) is 12.3. The van der Waals surface area contributed by atoms with Crippen molar-refractivity contribution in [2.24, 2.45) is 0 Å². The van der Waals surface area contributed by atoms with Crippen molar-refractivity contribution in [3.05, 3.63) is 140 Å². The van der Waals surface area contributed by atoms with Crippen LogP contribution in [-0.2, 0) is 35.5 Å². The summed E-state index contributed by atoms with van der Waals surface area (Å²) in [5, 5.41) is 34.1. The minimum absolute atomic E-state index is 0.226. The Morgan fingerprint density at radius 1 is 0.426 bits per heavy atom. The summed E-state index contributed by atoms with van der Waals surface area (Å²) in [7, 11) is 0. The molecule has 0 aliphatic carbocycles. The number of hydrogen-bond acceptors (Lipinski definition) is 3. The van der Waals surface area contributed by atoms with E-state index in [1.165, 1.54) is 38.9 Å². The van der Waals surface area contributed by atoms with Crippen LogP contribution >= 0.6 is 0 Å². The molecule has 0 spiro atoms. The monoisotopic (exact) mass is 727 g/mol. The minimum Gasteiger partial charge on any atom is -0.507 e. The maximum atomic E-state index is 11.6. The van der Waals surface area contributed by atoms with Crippen LogP contribution in [0.25, 0.3) is 16.7 Å². The van der Waals surface area contributed by atoms with Gasteiger partial charge in [-0.3, -0.25) is 0 Å². The first-order valence-corrected chi connectivity index (χ1v) is 19.3. The van der Waals surface area contributed by atoms with E-state index in [1.807, 2.05) is 20.8 Å². The first-order chi connectivity index (χ1) is 24.6. The second-order valence-electron chi connectivity index (χ2n) is 19.1. The molecule has 288 valence electrons. The summed E-state index contributed by atoms with van der Waals surface area (Å²) in [6.07, 6.45) is 2.09. The largest absolute Gasteiger partial charge is 0.507 e. The van der Waals surface area contributed by atoms with Crippen molar-refractivity contribution < 1.29 is 15.3 Å². The molecule has 0 heterocycles. The Morgan fingerprint density at radius 2 is 0.667 bits per heavy atom. The maximum absolute atomic E-state index is 11.6. The van der Waals surface area contributed by atoms with E-state index in [0.717, 1.165) is 61.2 Å². The van der Waals surface area contributed by atoms with Crippen LogP contribution in [0.3, 0.4) is 0 Å². The molecule has 0 aromatic heterocycles. The smallest absolute Gasteiger partial charge is 0.130 e. The highest BCUT2D eigenvalue weighted by Gasteiger charge is 2.28. The molecular weight excluding hydrogens is 661 g/mol. The number of benzene rings is 4. The number of phenols is 3. The molecule has 3 nitrogen and oxygen atoms in total. The van der Waals surface area contributed by atoms with Gasteiger partial charge in [-0.1, -0.05) is 100 Å². The van der Waals surface area contributed by atoms with E-state index in [1.54, 1.807) is 0 Å². The zero-order valence-electron chi connectivity index (χ0n) is 36.0. The number of phenolic OH excluding ortho intramolecular Hbond substituents is 3. The van der Waals surface area contributed by atoms with Crippen molar-refractivity contribution >= 4 is 16.7 Å². The highest BCUT2D eigenvalue weighted by molar-refractivity contribution is 5.77. The topological polar surface area (TPSA) is 60.7 Å². The summed E-state index contributed by atoms with van der Waals surface area (Å²) >= 11 is 0. The first-order valence-electron chi connectivity index (χ1n) is 19.3. The molecule has 4 aromatic carbocycles. The average molecular weight is 727 g/mol. The van der Waals surface area contributed by atoms with Crippen LogP contribution in [0, 0.1) is 20.8 Å². The Labute approximate surface area is 327 Å². The lowest BCUT2D eigenvalue weighted by molar-refractivity contribution is 0.422. The minimum atomic E-state index is -0.257. The Morgan fingerprint density at radius 3 is 0.944 bits per heavy atom. The van der Waals surface area contributed by atoms with Gasteiger partial charge in [-0.25, -0.2) is 0 Å². The molecule has 3 heteroatoms. The van der Waals surface area contributed by atoms with Gasteiger partial charge >= 0.3 is 0 Å². The molecule has 0 aliphatic heterocycles. The predicted octanol–water partition coefficient (Wildman–Crippen LogP) is 13.5. The zero-order chi connectivity index (χ0) is 41.0. The van der Waals surface area contributed by atoms with Gasteiger partial charge in [-0.05, 0) is 173 Å². The van der Waals surface area contributed by atoms with Gasteiger partial charge in [0.05, 0.1) is 0 Å². The van der Waals surface area contributed by atoms with Crippen molar-refractivity contribution in [1.82, 2.24) is 0 Å². The Hall–Kier alpha value is -4.50. The van der Waals surface area contributed by atoms with E-state index < -0.39 is 0 Å². The lowest BCUT2D eigenvalue weighted by atomic mass is 9.76. The van der Waals surface area contributed by atoms with Gasteiger partial charge in [0.1, 0.15) is 17.2 Å². The van der Waals surface area contributed by atoms with E-state index in [0.29, 0.717) is 30.8 Å². The highest BCUT2D eigenvalue weighted by Crippen LogP contribution is 2.43. The van der Waals surface area contributed by atoms with Crippen LogP contribution in [0.4, 0.5) is 0 Å². The van der Waals surface area contributed by atoms with Gasteiger partial charge in [-0.15, -0.1) is 0 Å². The second kappa shape index (κ2) is 15.0. The fraction of sp³-hybridized carbons (Fsp3) is 0.412. The van der Waals surface area contributed by atoms with Crippen LogP contribution in [0.1, 0.15) is 167 Å². The SMILES string of the molecule is C=C(C)c1cc(Cc2c(C)c(Cc3cc(C(=C)C)c(O)c(C(C)(C)C)c3)c(C)c(Cc3cc(C(C)(C)C)c(O)c(C(C)(C)C)c3)c2C)cc(C(=C)C)c1O. The third-order valence-electron chi connectivity index (χ3n) is 11.2. The molecule has 4 rings (SSSR count). The molecule has 0 radical (unpaired) electrons. The van der Waals surface area contributed by atoms with Crippen molar-refractivity contribution in [2.45, 2.75) is 139 Å². The molecule has 0 saturated carbocycles. The Bertz CT molecular complexity index is 2100. The quantitative estimate of drug-likeness (QED) is 0.161. The molecule has 0 bridgehead atoms. The number of hydrogen-bond donors (Lipinski definition) is 3. The third-order valence-corrected chi connectivity index (χ3v) is 11.2. The molecule has 3 N–H and O–H groups in total. The second-order valence-corrected chi connectivity index (χ2v) is 19.1. The van der Waals surface area contributed by atoms with Gasteiger partial charge in [0.25, 0.3) is 0 Å². The number of aromatic hydroxyl groups is 3. The Kier molecular flexibility index (Phi) is 11.7. The lowest BCUT2D eigenvalue weighted by Crippen LogP contribution is -2.18. The Balaban J connectivity index is 2.07. The van der Waals surface area contributed by atoms with Crippen LogP contribution in [-0.4, -0.2) is 15.3 Å². The third kappa shape index (κ3) is 8.57. The van der Waals surface area contributed by atoms with Gasteiger partial charge in [0, 0.05) is 22.3 Å². The number of allylic oxidation sites excluding steroid dienone is 3. The summed E-state index contributed by atoms with van der Waals surface area (Å²) in [5.41, 5.74) is 17.8. The fourth-order valence-electron chi connectivity index (χ4n) is 7.88. The molecule has 0 fully saturated rings. The van der Waals surface area contributed by atoms with Crippen LogP contribution in [0.15, 0.2) is 56.1 Å². The fourth-order valence-corrected chi connectivity index (χ4v) is 7.88. The van der Waals surface area contributed by atoms with Crippen molar-refractivity contribution in [3.8, 4) is 17.2 Å². The maximum Gasteiger partial charge on any atom is 0.130 e. The molecule has 0 atom stereocenters. The summed E-state index contributed by atoms with van der Waals surface area (Å²) < 4.78 is 0. The van der Waals surface area contributed by atoms with Crippen LogP contribution < -0.4 is 0 Å². The van der Waals surface area contributed by atoms with Crippen molar-refractivity contribution in [1.29, 1.82) is 0 Å². The van der Waals surface area contributed by atoms with Gasteiger partial charge in [-0.2, -0.15) is 0 Å². The van der Waals surface area contributed by atoms with E-state index in [2.05, 4.69) is 139 Å². The van der Waals surface area contributed by atoms with Gasteiger partial charge in [0.2, 0.25) is 0 Å². The first kappa shape index (κ1) is 42.2. The molecule has 0 unspecified atom stereocenters. The van der Waals surface area contributed by atoms with E-state index in [4.69, 9.17) is 0 Å². The van der Waals surface area contributed by atoms with Gasteiger partial charge in [0.15, 0.2) is 0 Å². The summed E-state index contributed by atoms with van der Waals surface area (Å²) in [4.78, 5) is 0. The molecular formula is C51H66O3. The zero-order valence-corrected chi connectivity index (χ0v) is 36.0. The molecule has 54 heavy (non-hydrogen) atoms. The lowest BCUT2D eigenvalue weighted by Gasteiger charge is -2.29. The number of rotatable bonds is 9.